The number of aryl methyl sites for hydroxylation is 2. The normalized spacial score (nSPS) is 16.1. The molecule has 1 heterocycles. The van der Waals surface area contributed by atoms with Crippen LogP contribution in [0, 0.1) is 6.92 Å². The third kappa shape index (κ3) is 3.34. The summed E-state index contributed by atoms with van der Waals surface area (Å²) in [6.07, 6.45) is -1.31. The molecule has 1 fully saturated rings. The van der Waals surface area contributed by atoms with Gasteiger partial charge in [0.05, 0.1) is 4.88 Å². The fourth-order valence-corrected chi connectivity index (χ4v) is 3.45. The second-order valence-electron chi connectivity index (χ2n) is 5.18. The van der Waals surface area contributed by atoms with Gasteiger partial charge in [0, 0.05) is 10.9 Å². The molecule has 6 heteroatoms. The molecule has 1 amide bonds. The van der Waals surface area contributed by atoms with Gasteiger partial charge in [-0.05, 0) is 44.2 Å². The Hall–Kier alpha value is -1.04. The van der Waals surface area contributed by atoms with Gasteiger partial charge >= 0.3 is 6.18 Å². The lowest BCUT2D eigenvalue weighted by atomic mass is 9.91. The highest BCUT2D eigenvalue weighted by molar-refractivity contribution is 7.14. The van der Waals surface area contributed by atoms with Crippen LogP contribution < -0.4 is 0 Å². The van der Waals surface area contributed by atoms with Crippen LogP contribution in [-0.4, -0.2) is 29.6 Å². The zero-order valence-electron chi connectivity index (χ0n) is 11.6. The SMILES string of the molecule is CCc1cc(C(=O)N(CC(F)(F)F)C2CCC2)sc1C. The highest BCUT2D eigenvalue weighted by atomic mass is 32.1. The van der Waals surface area contributed by atoms with Crippen molar-refractivity contribution in [2.75, 3.05) is 6.54 Å². The van der Waals surface area contributed by atoms with Gasteiger partial charge in [0.25, 0.3) is 5.91 Å². The average molecular weight is 305 g/mol. The minimum atomic E-state index is -4.34. The Kier molecular flexibility index (Phi) is 4.42. The number of nitrogens with zero attached hydrogens (tertiary/aromatic N) is 1. The lowest BCUT2D eigenvalue weighted by molar-refractivity contribution is -0.147. The van der Waals surface area contributed by atoms with Crippen LogP contribution in [0.1, 0.15) is 46.3 Å². The molecule has 0 spiro atoms. The van der Waals surface area contributed by atoms with Gasteiger partial charge in [-0.1, -0.05) is 6.92 Å². The van der Waals surface area contributed by atoms with Crippen molar-refractivity contribution in [3.05, 3.63) is 21.4 Å². The lowest BCUT2D eigenvalue weighted by Crippen LogP contribution is -2.48. The van der Waals surface area contributed by atoms with E-state index < -0.39 is 18.6 Å². The van der Waals surface area contributed by atoms with E-state index in [1.807, 2.05) is 13.8 Å². The van der Waals surface area contributed by atoms with Crippen molar-refractivity contribution in [1.29, 1.82) is 0 Å². The molecule has 1 aliphatic rings. The van der Waals surface area contributed by atoms with Crippen LogP contribution in [0.25, 0.3) is 0 Å². The molecule has 0 aliphatic heterocycles. The number of hydrogen-bond donors (Lipinski definition) is 0. The quantitative estimate of drug-likeness (QED) is 0.817. The number of rotatable bonds is 4. The van der Waals surface area contributed by atoms with E-state index in [9.17, 15) is 18.0 Å². The summed E-state index contributed by atoms with van der Waals surface area (Å²) in [7, 11) is 0. The van der Waals surface area contributed by atoms with Gasteiger partial charge in [-0.3, -0.25) is 4.79 Å². The van der Waals surface area contributed by atoms with Gasteiger partial charge in [0.15, 0.2) is 0 Å². The standard InChI is InChI=1S/C14H18F3NOS/c1-3-10-7-12(20-9(10)2)13(19)18(8-14(15,16)17)11-5-4-6-11/h7,11H,3-6,8H2,1-2H3. The summed E-state index contributed by atoms with van der Waals surface area (Å²) in [4.78, 5) is 14.8. The Bertz CT molecular complexity index is 491. The van der Waals surface area contributed by atoms with Gasteiger partial charge in [-0.15, -0.1) is 11.3 Å². The minimum Gasteiger partial charge on any atom is -0.326 e. The van der Waals surface area contributed by atoms with E-state index in [1.165, 1.54) is 11.3 Å². The molecule has 20 heavy (non-hydrogen) atoms. The number of carbonyl (C=O) groups is 1. The molecule has 1 aliphatic carbocycles. The van der Waals surface area contributed by atoms with Crippen LogP contribution in [0.2, 0.25) is 0 Å². The zero-order chi connectivity index (χ0) is 14.9. The van der Waals surface area contributed by atoms with Crippen molar-refractivity contribution in [2.24, 2.45) is 0 Å². The molecule has 2 rings (SSSR count). The molecule has 0 atom stereocenters. The molecule has 1 aromatic heterocycles. The van der Waals surface area contributed by atoms with E-state index in [0.29, 0.717) is 17.7 Å². The fourth-order valence-electron chi connectivity index (χ4n) is 2.38. The van der Waals surface area contributed by atoms with Crippen LogP contribution in [0.5, 0.6) is 0 Å². The average Bonchev–Trinajstić information content (AvgIpc) is 2.64. The van der Waals surface area contributed by atoms with Gasteiger partial charge < -0.3 is 4.90 Å². The van der Waals surface area contributed by atoms with Crippen molar-refractivity contribution in [2.45, 2.75) is 51.7 Å². The van der Waals surface area contributed by atoms with E-state index >= 15 is 0 Å². The van der Waals surface area contributed by atoms with E-state index in [2.05, 4.69) is 0 Å². The highest BCUT2D eigenvalue weighted by Crippen LogP contribution is 2.31. The molecule has 0 saturated heterocycles. The molecule has 0 bridgehead atoms. The third-order valence-corrected chi connectivity index (χ3v) is 4.82. The van der Waals surface area contributed by atoms with Crippen LogP contribution in [-0.2, 0) is 6.42 Å². The second kappa shape index (κ2) is 5.76. The molecule has 1 saturated carbocycles. The zero-order valence-corrected chi connectivity index (χ0v) is 12.4. The number of thiophene rings is 1. The maximum atomic E-state index is 12.7. The predicted octanol–water partition coefficient (Wildman–Crippen LogP) is 4.18. The highest BCUT2D eigenvalue weighted by Gasteiger charge is 2.39. The first-order valence-corrected chi connectivity index (χ1v) is 7.60. The number of halogens is 3. The molecule has 0 unspecified atom stereocenters. The number of hydrogen-bond acceptors (Lipinski definition) is 2. The van der Waals surface area contributed by atoms with Gasteiger partial charge in [0.1, 0.15) is 6.54 Å². The van der Waals surface area contributed by atoms with Crippen molar-refractivity contribution in [3.63, 3.8) is 0 Å². The van der Waals surface area contributed by atoms with E-state index in [4.69, 9.17) is 0 Å². The summed E-state index contributed by atoms with van der Waals surface area (Å²) in [5.74, 6) is -0.472. The molecule has 2 nitrogen and oxygen atoms in total. The Morgan fingerprint density at radius 1 is 1.45 bits per heavy atom. The molecular formula is C14H18F3NOS. The van der Waals surface area contributed by atoms with E-state index in [-0.39, 0.29) is 6.04 Å². The summed E-state index contributed by atoms with van der Waals surface area (Å²) in [5, 5.41) is 0. The molecule has 0 aromatic carbocycles. The molecule has 0 radical (unpaired) electrons. The summed E-state index contributed by atoms with van der Waals surface area (Å²) < 4.78 is 38.0. The summed E-state index contributed by atoms with van der Waals surface area (Å²) in [6, 6.07) is 1.49. The number of amides is 1. The number of alkyl halides is 3. The predicted molar refractivity (Wildman–Crippen MR) is 73.2 cm³/mol. The van der Waals surface area contributed by atoms with Crippen LogP contribution in [0.15, 0.2) is 6.07 Å². The van der Waals surface area contributed by atoms with Crippen molar-refractivity contribution in [1.82, 2.24) is 4.90 Å². The summed E-state index contributed by atoms with van der Waals surface area (Å²) in [5.41, 5.74) is 1.04. The second-order valence-corrected chi connectivity index (χ2v) is 6.43. The van der Waals surface area contributed by atoms with Gasteiger partial charge in [-0.2, -0.15) is 13.2 Å². The first-order valence-electron chi connectivity index (χ1n) is 6.79. The monoisotopic (exact) mass is 305 g/mol. The Balaban J connectivity index is 2.20. The summed E-state index contributed by atoms with van der Waals surface area (Å²) >= 11 is 1.29. The van der Waals surface area contributed by atoms with Crippen molar-refractivity contribution >= 4 is 17.2 Å². The maximum Gasteiger partial charge on any atom is 0.406 e. The number of carbonyl (C=O) groups excluding carboxylic acids is 1. The van der Waals surface area contributed by atoms with Crippen LogP contribution >= 0.6 is 11.3 Å². The lowest BCUT2D eigenvalue weighted by Gasteiger charge is -2.37. The smallest absolute Gasteiger partial charge is 0.326 e. The van der Waals surface area contributed by atoms with Crippen LogP contribution in [0.4, 0.5) is 13.2 Å². The van der Waals surface area contributed by atoms with Crippen molar-refractivity contribution in [3.8, 4) is 0 Å². The molecule has 1 aromatic rings. The molecule has 112 valence electrons. The summed E-state index contributed by atoms with van der Waals surface area (Å²) in [6.45, 7) is 2.73. The van der Waals surface area contributed by atoms with Crippen LogP contribution in [0.3, 0.4) is 0 Å². The Labute approximate surface area is 120 Å². The first kappa shape index (κ1) is 15.4. The van der Waals surface area contributed by atoms with E-state index in [1.54, 1.807) is 6.07 Å². The van der Waals surface area contributed by atoms with Gasteiger partial charge in [-0.25, -0.2) is 0 Å². The first-order chi connectivity index (χ1) is 9.31. The van der Waals surface area contributed by atoms with Crippen molar-refractivity contribution < 1.29 is 18.0 Å². The Morgan fingerprint density at radius 2 is 2.10 bits per heavy atom. The Morgan fingerprint density at radius 3 is 2.50 bits per heavy atom. The fraction of sp³-hybridized carbons (Fsp3) is 0.643. The molecule has 0 N–H and O–H groups in total. The van der Waals surface area contributed by atoms with Gasteiger partial charge in [0.2, 0.25) is 0 Å². The third-order valence-electron chi connectivity index (χ3n) is 3.74. The topological polar surface area (TPSA) is 20.3 Å². The molecular weight excluding hydrogens is 287 g/mol. The minimum absolute atomic E-state index is 0.253. The van der Waals surface area contributed by atoms with E-state index in [0.717, 1.165) is 28.2 Å². The maximum absolute atomic E-state index is 12.7. The largest absolute Gasteiger partial charge is 0.406 e.